The fourth-order valence-corrected chi connectivity index (χ4v) is 3.38. The molecule has 0 aromatic carbocycles. The van der Waals surface area contributed by atoms with Crippen LogP contribution in [0.4, 0.5) is 5.69 Å². The van der Waals surface area contributed by atoms with Gasteiger partial charge in [-0.2, -0.15) is 0 Å². The van der Waals surface area contributed by atoms with Gasteiger partial charge in [0.25, 0.3) is 0 Å². The zero-order valence-electron chi connectivity index (χ0n) is 16.2. The van der Waals surface area contributed by atoms with Crippen LogP contribution >= 0.6 is 0 Å². The van der Waals surface area contributed by atoms with Gasteiger partial charge in [-0.3, -0.25) is 10.1 Å². The molecule has 1 aliphatic rings. The monoisotopic (exact) mass is 416 g/mol. The van der Waals surface area contributed by atoms with E-state index in [4.69, 9.17) is 9.47 Å². The SMILES string of the molecule is CCCCn1c(C(=O)OC)c(C2OC(CO)C(O)C2O)c([N+](=O)[O-])c1C(=O)OC. The highest BCUT2D eigenvalue weighted by Gasteiger charge is 2.50. The second-order valence-corrected chi connectivity index (χ2v) is 6.46. The van der Waals surface area contributed by atoms with Gasteiger partial charge in [-0.15, -0.1) is 0 Å². The number of methoxy groups -OCH3 is 2. The first-order valence-electron chi connectivity index (χ1n) is 8.94. The maximum atomic E-state index is 12.5. The number of hydrogen-bond acceptors (Lipinski definition) is 10. The fraction of sp³-hybridized carbons (Fsp3) is 0.647. The molecule has 0 radical (unpaired) electrons. The summed E-state index contributed by atoms with van der Waals surface area (Å²) in [4.78, 5) is 35.9. The highest BCUT2D eigenvalue weighted by molar-refractivity contribution is 5.99. The van der Waals surface area contributed by atoms with E-state index in [0.29, 0.717) is 12.8 Å². The van der Waals surface area contributed by atoms with Crippen LogP contribution in [0.15, 0.2) is 0 Å². The number of hydrogen-bond donors (Lipinski definition) is 3. The number of esters is 2. The molecule has 29 heavy (non-hydrogen) atoms. The van der Waals surface area contributed by atoms with Crippen LogP contribution in [-0.4, -0.2) is 75.9 Å². The minimum atomic E-state index is -1.69. The molecule has 1 aliphatic heterocycles. The summed E-state index contributed by atoms with van der Waals surface area (Å²) in [6.45, 7) is 1.23. The summed E-state index contributed by atoms with van der Waals surface area (Å²) in [5, 5.41) is 41.7. The zero-order chi connectivity index (χ0) is 21.9. The Morgan fingerprint density at radius 1 is 1.17 bits per heavy atom. The van der Waals surface area contributed by atoms with Crippen LogP contribution in [0.3, 0.4) is 0 Å². The van der Waals surface area contributed by atoms with Crippen LogP contribution in [0.25, 0.3) is 0 Å². The molecule has 0 bridgehead atoms. The first-order valence-corrected chi connectivity index (χ1v) is 8.94. The fourth-order valence-electron chi connectivity index (χ4n) is 3.38. The average molecular weight is 416 g/mol. The summed E-state index contributed by atoms with van der Waals surface area (Å²) in [7, 11) is 2.09. The van der Waals surface area contributed by atoms with Crippen LogP contribution < -0.4 is 0 Å². The Balaban J connectivity index is 2.86. The van der Waals surface area contributed by atoms with Crippen LogP contribution in [0.1, 0.15) is 52.4 Å². The summed E-state index contributed by atoms with van der Waals surface area (Å²) in [6.07, 6.45) is -4.92. The van der Waals surface area contributed by atoms with Crippen molar-refractivity contribution in [2.45, 2.75) is 50.7 Å². The Hall–Kier alpha value is -2.54. The van der Waals surface area contributed by atoms with Crippen molar-refractivity contribution in [1.29, 1.82) is 0 Å². The third-order valence-electron chi connectivity index (χ3n) is 4.78. The number of carbonyl (C=O) groups excluding carboxylic acids is 2. The van der Waals surface area contributed by atoms with Gasteiger partial charge in [0.1, 0.15) is 30.1 Å². The van der Waals surface area contributed by atoms with E-state index in [1.165, 1.54) is 0 Å². The summed E-state index contributed by atoms with van der Waals surface area (Å²) >= 11 is 0. The van der Waals surface area contributed by atoms with E-state index < -0.39 is 64.8 Å². The van der Waals surface area contributed by atoms with Crippen molar-refractivity contribution < 1.29 is 44.0 Å². The molecule has 12 heteroatoms. The lowest BCUT2D eigenvalue weighted by Gasteiger charge is -2.16. The van der Waals surface area contributed by atoms with Gasteiger partial charge in [0, 0.05) is 6.54 Å². The maximum Gasteiger partial charge on any atom is 0.361 e. The second kappa shape index (κ2) is 9.31. The molecule has 1 aromatic heterocycles. The van der Waals surface area contributed by atoms with Crippen LogP contribution in [0.5, 0.6) is 0 Å². The summed E-state index contributed by atoms with van der Waals surface area (Å²) in [5.41, 5.74) is -2.06. The Morgan fingerprint density at radius 2 is 1.76 bits per heavy atom. The van der Waals surface area contributed by atoms with Crippen LogP contribution in [0.2, 0.25) is 0 Å². The quantitative estimate of drug-likeness (QED) is 0.296. The normalized spacial score (nSPS) is 23.8. The maximum absolute atomic E-state index is 12.5. The summed E-state index contributed by atoms with van der Waals surface area (Å²) in [5.74, 6) is -2.05. The molecule has 12 nitrogen and oxygen atoms in total. The minimum absolute atomic E-state index is 0.0566. The number of carbonyl (C=O) groups is 2. The third kappa shape index (κ3) is 3.96. The lowest BCUT2D eigenvalue weighted by Crippen LogP contribution is -2.32. The minimum Gasteiger partial charge on any atom is -0.464 e. The number of aliphatic hydroxyl groups excluding tert-OH is 3. The van der Waals surface area contributed by atoms with E-state index in [1.54, 1.807) is 0 Å². The Kier molecular flexibility index (Phi) is 7.30. The largest absolute Gasteiger partial charge is 0.464 e. The van der Waals surface area contributed by atoms with Gasteiger partial charge in [-0.05, 0) is 6.42 Å². The average Bonchev–Trinajstić information content (AvgIpc) is 3.19. The molecule has 0 spiro atoms. The second-order valence-electron chi connectivity index (χ2n) is 6.46. The Bertz CT molecular complexity index is 790. The molecular formula is C17H24N2O10. The summed E-state index contributed by atoms with van der Waals surface area (Å²) < 4.78 is 15.9. The topological polar surface area (TPSA) is 171 Å². The van der Waals surface area contributed by atoms with Gasteiger partial charge in [0.2, 0.25) is 5.69 Å². The Morgan fingerprint density at radius 3 is 2.21 bits per heavy atom. The highest BCUT2D eigenvalue weighted by Crippen LogP contribution is 2.43. The summed E-state index contributed by atoms with van der Waals surface area (Å²) in [6, 6.07) is 0. The molecule has 2 rings (SSSR count). The van der Waals surface area contributed by atoms with E-state index in [-0.39, 0.29) is 12.2 Å². The lowest BCUT2D eigenvalue weighted by molar-refractivity contribution is -0.386. The predicted octanol–water partition coefficient (Wildman–Crippen LogP) is -0.0764. The number of unbranched alkanes of at least 4 members (excludes halogenated alkanes) is 1. The molecule has 1 saturated heterocycles. The number of rotatable bonds is 8. The molecule has 1 aromatic rings. The molecule has 4 unspecified atom stereocenters. The molecular weight excluding hydrogens is 392 g/mol. The van der Waals surface area contributed by atoms with Crippen molar-refractivity contribution in [2.24, 2.45) is 0 Å². The van der Waals surface area contributed by atoms with Gasteiger partial charge < -0.3 is 34.1 Å². The van der Waals surface area contributed by atoms with Crippen molar-refractivity contribution in [1.82, 2.24) is 4.57 Å². The van der Waals surface area contributed by atoms with Crippen molar-refractivity contribution in [3.63, 3.8) is 0 Å². The van der Waals surface area contributed by atoms with E-state index in [9.17, 15) is 35.0 Å². The number of nitrogens with zero attached hydrogens (tertiary/aromatic N) is 2. The molecule has 2 heterocycles. The van der Waals surface area contributed by atoms with E-state index in [2.05, 4.69) is 4.74 Å². The van der Waals surface area contributed by atoms with Gasteiger partial charge in [0.15, 0.2) is 0 Å². The van der Waals surface area contributed by atoms with Gasteiger partial charge in [0.05, 0.1) is 31.3 Å². The molecule has 0 aliphatic carbocycles. The van der Waals surface area contributed by atoms with E-state index >= 15 is 0 Å². The molecule has 4 atom stereocenters. The lowest BCUT2D eigenvalue weighted by atomic mass is 10.00. The van der Waals surface area contributed by atoms with Gasteiger partial charge >= 0.3 is 17.6 Å². The number of ether oxygens (including phenoxy) is 3. The highest BCUT2D eigenvalue weighted by atomic mass is 16.6. The van der Waals surface area contributed by atoms with Crippen molar-refractivity contribution in [2.75, 3.05) is 20.8 Å². The van der Waals surface area contributed by atoms with Crippen molar-refractivity contribution >= 4 is 17.6 Å². The number of aromatic nitrogens is 1. The third-order valence-corrected chi connectivity index (χ3v) is 4.78. The smallest absolute Gasteiger partial charge is 0.361 e. The zero-order valence-corrected chi connectivity index (χ0v) is 16.2. The molecule has 0 amide bonds. The van der Waals surface area contributed by atoms with E-state index in [1.807, 2.05) is 6.92 Å². The van der Waals surface area contributed by atoms with E-state index in [0.717, 1.165) is 18.8 Å². The molecule has 0 saturated carbocycles. The standard InChI is InChI=1S/C17H24N2O10/c1-4-5-6-18-11(16(23)27-2)9(10(19(25)26)12(18)17(24)28-3)15-14(22)13(21)8(7-20)29-15/h8,13-15,20-22H,4-7H2,1-3H3. The number of aliphatic hydroxyl groups is 3. The molecule has 3 N–H and O–H groups in total. The Labute approximate surface area is 165 Å². The van der Waals surface area contributed by atoms with Gasteiger partial charge in [-0.1, -0.05) is 13.3 Å². The van der Waals surface area contributed by atoms with Crippen LogP contribution in [0, 0.1) is 10.1 Å². The van der Waals surface area contributed by atoms with Crippen molar-refractivity contribution in [3.8, 4) is 0 Å². The van der Waals surface area contributed by atoms with Crippen molar-refractivity contribution in [3.05, 3.63) is 27.1 Å². The number of nitro groups is 1. The van der Waals surface area contributed by atoms with Gasteiger partial charge in [-0.25, -0.2) is 9.59 Å². The first-order chi connectivity index (χ1) is 13.7. The predicted molar refractivity (Wildman–Crippen MR) is 95.4 cm³/mol. The first kappa shape index (κ1) is 22.7. The van der Waals surface area contributed by atoms with Crippen LogP contribution in [-0.2, 0) is 20.8 Å². The molecule has 1 fully saturated rings. The molecule has 162 valence electrons.